The predicted octanol–water partition coefficient (Wildman–Crippen LogP) is 7.50. The molecule has 2 aromatic carbocycles. The van der Waals surface area contributed by atoms with E-state index in [0.29, 0.717) is 61.7 Å². The van der Waals surface area contributed by atoms with Crippen molar-refractivity contribution in [2.75, 3.05) is 18.6 Å². The first-order valence-electron chi connectivity index (χ1n) is 14.9. The molecule has 47 heavy (non-hydrogen) atoms. The van der Waals surface area contributed by atoms with Crippen molar-refractivity contribution in [3.63, 3.8) is 0 Å². The van der Waals surface area contributed by atoms with Crippen LogP contribution in [0.1, 0.15) is 48.8 Å². The van der Waals surface area contributed by atoms with Crippen LogP contribution in [0.5, 0.6) is 11.5 Å². The van der Waals surface area contributed by atoms with Gasteiger partial charge in [0.1, 0.15) is 11.3 Å². The molecule has 1 fully saturated rings. The average Bonchev–Trinajstić information content (AvgIpc) is 3.73. The maximum atomic E-state index is 13.9. The van der Waals surface area contributed by atoms with E-state index in [1.54, 1.807) is 47.9 Å². The van der Waals surface area contributed by atoms with Crippen LogP contribution in [0.3, 0.4) is 0 Å². The van der Waals surface area contributed by atoms with Crippen LogP contribution in [-0.4, -0.2) is 50.1 Å². The van der Waals surface area contributed by atoms with Gasteiger partial charge >= 0.3 is 5.91 Å². The summed E-state index contributed by atoms with van der Waals surface area (Å²) in [4.78, 5) is 33.6. The van der Waals surface area contributed by atoms with E-state index >= 15 is 0 Å². The van der Waals surface area contributed by atoms with E-state index < -0.39 is 17.7 Å². The smallest absolute Gasteiger partial charge is 0.301 e. The number of ether oxygens (including phenoxy) is 2. The quantitative estimate of drug-likeness (QED) is 0.0494. The van der Waals surface area contributed by atoms with Gasteiger partial charge in [-0.25, -0.2) is 4.98 Å². The molecule has 6 rings (SSSR count). The molecule has 10 nitrogen and oxygen atoms in total. The average molecular weight is 690 g/mol. The normalized spacial score (nSPS) is 16.0. The van der Waals surface area contributed by atoms with Gasteiger partial charge in [-0.3, -0.25) is 18.9 Å². The highest BCUT2D eigenvalue weighted by Crippen LogP contribution is 2.46. The molecule has 1 unspecified atom stereocenters. The Morgan fingerprint density at radius 1 is 1.09 bits per heavy atom. The van der Waals surface area contributed by atoms with Gasteiger partial charge in [-0.05, 0) is 60.7 Å². The van der Waals surface area contributed by atoms with Gasteiger partial charge in [-0.15, -0.1) is 10.2 Å². The fraction of sp³-hybridized carbons (Fsp3) is 0.265. The fourth-order valence-corrected chi connectivity index (χ4v) is 7.52. The summed E-state index contributed by atoms with van der Waals surface area (Å²) in [5.41, 5.74) is 2.76. The number of aliphatic hydroxyl groups is 1. The number of amides is 1. The van der Waals surface area contributed by atoms with E-state index in [-0.39, 0.29) is 16.5 Å². The molecular formula is C34H32ClN5O5S2. The number of hydrogen-bond donors (Lipinski definition) is 1. The van der Waals surface area contributed by atoms with Crippen LogP contribution in [0.15, 0.2) is 76.8 Å². The number of benzene rings is 2. The van der Waals surface area contributed by atoms with Gasteiger partial charge in [-0.2, -0.15) is 0 Å². The third-order valence-electron chi connectivity index (χ3n) is 7.74. The summed E-state index contributed by atoms with van der Waals surface area (Å²) in [6.07, 6.45) is 2.60. The number of fused-ring (bicyclic) bond motifs is 1. The minimum absolute atomic E-state index is 0.0975. The monoisotopic (exact) mass is 689 g/mol. The van der Waals surface area contributed by atoms with Crippen LogP contribution in [-0.2, 0) is 15.3 Å². The van der Waals surface area contributed by atoms with Gasteiger partial charge in [0.15, 0.2) is 21.6 Å². The minimum Gasteiger partial charge on any atom is -0.505 e. The minimum atomic E-state index is -1.04. The highest BCUT2D eigenvalue weighted by atomic mass is 35.5. The molecule has 1 saturated heterocycles. The predicted molar refractivity (Wildman–Crippen MR) is 184 cm³/mol. The number of hydrogen-bond acceptors (Lipinski definition) is 10. The molecule has 4 heterocycles. The number of nitrogens with zero attached hydrogens (tertiary/aromatic N) is 5. The van der Waals surface area contributed by atoms with Gasteiger partial charge in [0.2, 0.25) is 5.13 Å². The zero-order valence-corrected chi connectivity index (χ0v) is 28.5. The number of aryl methyl sites for hydroxylation is 1. The third-order valence-corrected chi connectivity index (χ3v) is 10.2. The van der Waals surface area contributed by atoms with Crippen molar-refractivity contribution in [3.8, 4) is 11.5 Å². The summed E-state index contributed by atoms with van der Waals surface area (Å²) in [6.45, 7) is 6.48. The molecule has 0 aliphatic carbocycles. The van der Waals surface area contributed by atoms with Crippen LogP contribution >= 0.6 is 34.7 Å². The molecular weight excluding hydrogens is 658 g/mol. The van der Waals surface area contributed by atoms with Crippen molar-refractivity contribution < 1.29 is 24.2 Å². The molecule has 242 valence electrons. The number of imidazole rings is 1. The maximum absolute atomic E-state index is 13.9. The summed E-state index contributed by atoms with van der Waals surface area (Å²) in [5, 5.41) is 21.4. The number of anilines is 1. The molecule has 1 N–H and O–H groups in total. The highest BCUT2D eigenvalue weighted by Gasteiger charge is 2.49. The Morgan fingerprint density at radius 2 is 1.87 bits per heavy atom. The van der Waals surface area contributed by atoms with Crippen molar-refractivity contribution in [1.29, 1.82) is 0 Å². The molecule has 1 aliphatic heterocycles. The molecule has 1 atom stereocenters. The van der Waals surface area contributed by atoms with E-state index in [1.807, 2.05) is 30.3 Å². The number of carbonyl (C=O) groups excluding carboxylic acids is 2. The van der Waals surface area contributed by atoms with E-state index in [4.69, 9.17) is 21.1 Å². The van der Waals surface area contributed by atoms with E-state index in [2.05, 4.69) is 29.0 Å². The Bertz CT molecular complexity index is 2010. The van der Waals surface area contributed by atoms with Crippen molar-refractivity contribution in [1.82, 2.24) is 19.6 Å². The number of halogens is 1. The summed E-state index contributed by atoms with van der Waals surface area (Å²) < 4.78 is 14.0. The summed E-state index contributed by atoms with van der Waals surface area (Å²) >= 11 is 8.94. The number of aromatic nitrogens is 4. The number of rotatable bonds is 11. The molecule has 3 aromatic heterocycles. The third kappa shape index (κ3) is 6.45. The second-order valence-electron chi connectivity index (χ2n) is 11.3. The van der Waals surface area contributed by atoms with Gasteiger partial charge in [0.25, 0.3) is 5.78 Å². The van der Waals surface area contributed by atoms with Gasteiger partial charge < -0.3 is 14.6 Å². The van der Waals surface area contributed by atoms with E-state index in [1.165, 1.54) is 35.1 Å². The van der Waals surface area contributed by atoms with Gasteiger partial charge in [0.05, 0.1) is 31.0 Å². The van der Waals surface area contributed by atoms with Crippen molar-refractivity contribution in [2.45, 2.75) is 43.3 Å². The van der Waals surface area contributed by atoms with Gasteiger partial charge in [-0.1, -0.05) is 78.9 Å². The molecule has 1 aliphatic rings. The molecule has 0 radical (unpaired) electrons. The molecule has 1 amide bonds. The number of aliphatic hydroxyl groups excluding tert-OH is 1. The topological polar surface area (TPSA) is 119 Å². The highest BCUT2D eigenvalue weighted by molar-refractivity contribution is 8.00. The van der Waals surface area contributed by atoms with Crippen LogP contribution < -0.4 is 14.4 Å². The zero-order valence-electron chi connectivity index (χ0n) is 26.1. The number of thioether (sulfide) groups is 1. The number of ketones is 1. The number of pyridine rings is 1. The molecule has 5 aromatic rings. The Kier molecular flexibility index (Phi) is 9.53. The zero-order chi connectivity index (χ0) is 33.2. The first kappa shape index (κ1) is 32.5. The first-order chi connectivity index (χ1) is 22.7. The second kappa shape index (κ2) is 13.8. The van der Waals surface area contributed by atoms with Crippen LogP contribution in [0.4, 0.5) is 5.13 Å². The van der Waals surface area contributed by atoms with Crippen LogP contribution in [0, 0.1) is 12.8 Å². The SMILES string of the molecule is COc1cc(C2C(=C(O)c3c(C)nc4ccccn34)C(=O)C(=O)N2c2nnc(SCc3ccccc3Cl)s2)ccc1OCCC(C)C. The summed E-state index contributed by atoms with van der Waals surface area (Å²) in [6, 6.07) is 17.1. The van der Waals surface area contributed by atoms with E-state index in [9.17, 15) is 14.7 Å². The van der Waals surface area contributed by atoms with Crippen LogP contribution in [0.25, 0.3) is 11.4 Å². The molecule has 0 saturated carbocycles. The number of Topliss-reactive ketones (excluding diaryl/α,β-unsaturated/α-hetero) is 1. The maximum Gasteiger partial charge on any atom is 0.301 e. The second-order valence-corrected chi connectivity index (χ2v) is 13.9. The van der Waals surface area contributed by atoms with Crippen molar-refractivity contribution in [3.05, 3.63) is 100.0 Å². The first-order valence-corrected chi connectivity index (χ1v) is 17.1. The van der Waals surface area contributed by atoms with Crippen LogP contribution in [0.2, 0.25) is 5.02 Å². The lowest BCUT2D eigenvalue weighted by Crippen LogP contribution is -2.29. The summed E-state index contributed by atoms with van der Waals surface area (Å²) in [5.74, 6) is -0.0762. The Morgan fingerprint density at radius 3 is 2.64 bits per heavy atom. The Balaban J connectivity index is 1.44. The Hall–Kier alpha value is -4.39. The summed E-state index contributed by atoms with van der Waals surface area (Å²) in [7, 11) is 1.53. The number of methoxy groups -OCH3 is 1. The lowest BCUT2D eigenvalue weighted by atomic mass is 9.96. The Labute approximate surface area is 285 Å². The van der Waals surface area contributed by atoms with E-state index in [0.717, 1.165) is 12.0 Å². The molecule has 13 heteroatoms. The number of carbonyl (C=O) groups is 2. The lowest BCUT2D eigenvalue weighted by Gasteiger charge is -2.23. The van der Waals surface area contributed by atoms with Crippen molar-refractivity contribution >= 4 is 62.9 Å². The largest absolute Gasteiger partial charge is 0.505 e. The molecule has 0 bridgehead atoms. The lowest BCUT2D eigenvalue weighted by molar-refractivity contribution is -0.132. The van der Waals surface area contributed by atoms with Crippen molar-refractivity contribution in [2.24, 2.45) is 5.92 Å². The van der Waals surface area contributed by atoms with Gasteiger partial charge in [0, 0.05) is 17.0 Å². The molecule has 0 spiro atoms. The standard InChI is InChI=1S/C34H32ClN5O5S2/c1-19(2)14-16-45-24-13-12-21(17-25(24)44-4)29-27(30(41)28-20(3)36-26-11-7-8-15-39(26)28)31(42)32(43)40(29)33-37-38-34(47-33)46-18-22-9-5-6-10-23(22)35/h5-13,15,17,19,29,41H,14,16,18H2,1-4H3. The fourth-order valence-electron chi connectivity index (χ4n) is 5.36.